The molecule has 2 aromatic carbocycles. The predicted molar refractivity (Wildman–Crippen MR) is 90.5 cm³/mol. The molecule has 0 fully saturated rings. The van der Waals surface area contributed by atoms with Crippen LogP contribution in [0.2, 0.25) is 0 Å². The minimum Gasteiger partial charge on any atom is -0.465 e. The number of rotatable bonds is 2. The van der Waals surface area contributed by atoms with Gasteiger partial charge < -0.3 is 10.1 Å². The van der Waals surface area contributed by atoms with Gasteiger partial charge in [-0.2, -0.15) is 0 Å². The normalized spacial score (nSPS) is 24.0. The number of benzene rings is 2. The highest BCUT2D eigenvalue weighted by molar-refractivity contribution is 5.97. The first kappa shape index (κ1) is 14.9. The van der Waals surface area contributed by atoms with Crippen molar-refractivity contribution in [1.29, 1.82) is 0 Å². The summed E-state index contributed by atoms with van der Waals surface area (Å²) < 4.78 is 18.6. The molecule has 0 saturated carbocycles. The van der Waals surface area contributed by atoms with Crippen molar-refractivity contribution in [1.82, 2.24) is 0 Å². The zero-order valence-electron chi connectivity index (χ0n) is 13.3. The molecule has 3 unspecified atom stereocenters. The minimum atomic E-state index is -0.363. The summed E-state index contributed by atoms with van der Waals surface area (Å²) in [6.45, 7) is 0. The Morgan fingerprint density at radius 3 is 2.88 bits per heavy atom. The summed E-state index contributed by atoms with van der Waals surface area (Å²) in [5, 5.41) is 3.49. The number of nitrogens with one attached hydrogen (secondary N) is 1. The van der Waals surface area contributed by atoms with Crippen molar-refractivity contribution in [3.63, 3.8) is 0 Å². The third kappa shape index (κ3) is 2.30. The molecular formula is C20H18FNO2. The maximum atomic E-state index is 13.7. The predicted octanol–water partition coefficient (Wildman–Crippen LogP) is 4.44. The molecule has 0 amide bonds. The van der Waals surface area contributed by atoms with Gasteiger partial charge in [-0.15, -0.1) is 0 Å². The van der Waals surface area contributed by atoms with E-state index in [9.17, 15) is 9.18 Å². The van der Waals surface area contributed by atoms with E-state index in [1.165, 1.54) is 13.2 Å². The van der Waals surface area contributed by atoms with Gasteiger partial charge in [-0.3, -0.25) is 0 Å². The highest BCUT2D eigenvalue weighted by Crippen LogP contribution is 2.50. The standard InChI is InChI=1S/C20H18FNO2/c1-24-20(23)17-10-4-9-16-14-7-3-8-15(14)18(22-19(16)17)12-5-2-6-13(21)11-12/h2-7,9-11,14-15,18,22H,8H2,1H3. The second-order valence-corrected chi connectivity index (χ2v) is 6.29. The highest BCUT2D eigenvalue weighted by Gasteiger charge is 2.39. The van der Waals surface area contributed by atoms with E-state index in [1.54, 1.807) is 18.2 Å². The Balaban J connectivity index is 1.84. The maximum absolute atomic E-state index is 13.7. The molecule has 1 N–H and O–H groups in total. The van der Waals surface area contributed by atoms with Crippen LogP contribution in [0.3, 0.4) is 0 Å². The number of hydrogen-bond donors (Lipinski definition) is 1. The summed E-state index contributed by atoms with van der Waals surface area (Å²) in [7, 11) is 1.38. The lowest BCUT2D eigenvalue weighted by Crippen LogP contribution is -2.30. The van der Waals surface area contributed by atoms with Crippen LogP contribution in [0.1, 0.15) is 39.9 Å². The number of halogens is 1. The first-order valence-corrected chi connectivity index (χ1v) is 8.09. The molecule has 0 radical (unpaired) electrons. The Hall–Kier alpha value is -2.62. The van der Waals surface area contributed by atoms with Crippen LogP contribution in [0.25, 0.3) is 0 Å². The zero-order valence-corrected chi connectivity index (χ0v) is 13.3. The second kappa shape index (κ2) is 5.78. The molecule has 2 aromatic rings. The number of esters is 1. The van der Waals surface area contributed by atoms with Gasteiger partial charge in [0.1, 0.15) is 5.82 Å². The number of allylic oxidation sites excluding steroid dienone is 2. The number of hydrogen-bond acceptors (Lipinski definition) is 3. The molecule has 122 valence electrons. The monoisotopic (exact) mass is 323 g/mol. The van der Waals surface area contributed by atoms with Gasteiger partial charge in [-0.25, -0.2) is 9.18 Å². The average molecular weight is 323 g/mol. The molecule has 4 heteroatoms. The number of carbonyl (C=O) groups is 1. The molecule has 1 aliphatic carbocycles. The van der Waals surface area contributed by atoms with Crippen molar-refractivity contribution in [2.45, 2.75) is 18.4 Å². The van der Waals surface area contributed by atoms with E-state index in [0.29, 0.717) is 11.5 Å². The van der Waals surface area contributed by atoms with Gasteiger partial charge in [-0.1, -0.05) is 36.4 Å². The van der Waals surface area contributed by atoms with Gasteiger partial charge in [0.25, 0.3) is 0 Å². The van der Waals surface area contributed by atoms with Crippen molar-refractivity contribution in [3.05, 3.63) is 77.1 Å². The molecule has 0 aromatic heterocycles. The van der Waals surface area contributed by atoms with Gasteiger partial charge in [0.05, 0.1) is 24.4 Å². The number of para-hydroxylation sites is 1. The van der Waals surface area contributed by atoms with Crippen LogP contribution in [-0.2, 0) is 4.74 Å². The Kier molecular flexibility index (Phi) is 3.60. The van der Waals surface area contributed by atoms with Crippen LogP contribution in [0.4, 0.5) is 10.1 Å². The molecule has 0 bridgehead atoms. The van der Waals surface area contributed by atoms with Crippen LogP contribution in [-0.4, -0.2) is 13.1 Å². The zero-order chi connectivity index (χ0) is 16.7. The fourth-order valence-corrected chi connectivity index (χ4v) is 3.93. The summed E-state index contributed by atoms with van der Waals surface area (Å²) in [6, 6.07) is 12.3. The summed E-state index contributed by atoms with van der Waals surface area (Å²) in [6.07, 6.45) is 5.29. The first-order chi connectivity index (χ1) is 11.7. The smallest absolute Gasteiger partial charge is 0.339 e. The average Bonchev–Trinajstić information content (AvgIpc) is 3.09. The molecular weight excluding hydrogens is 305 g/mol. The number of carbonyl (C=O) groups excluding carboxylic acids is 1. The number of fused-ring (bicyclic) bond motifs is 3. The quantitative estimate of drug-likeness (QED) is 0.656. The summed E-state index contributed by atoms with van der Waals surface area (Å²) in [5.74, 6) is -0.0760. The summed E-state index contributed by atoms with van der Waals surface area (Å²) >= 11 is 0. The van der Waals surface area contributed by atoms with Gasteiger partial charge in [0.15, 0.2) is 0 Å². The van der Waals surface area contributed by atoms with E-state index in [0.717, 1.165) is 23.2 Å². The van der Waals surface area contributed by atoms with E-state index in [1.807, 2.05) is 18.2 Å². The fourth-order valence-electron chi connectivity index (χ4n) is 3.93. The van der Waals surface area contributed by atoms with Crippen LogP contribution in [0, 0.1) is 11.7 Å². The molecule has 4 rings (SSSR count). The Labute approximate surface area is 140 Å². The molecule has 1 heterocycles. The minimum absolute atomic E-state index is 0.0426. The summed E-state index contributed by atoms with van der Waals surface area (Å²) in [4.78, 5) is 12.1. The third-order valence-electron chi connectivity index (χ3n) is 5.01. The SMILES string of the molecule is COC(=O)c1cccc2c1NC(c1cccc(F)c1)C1CC=CC21. The summed E-state index contributed by atoms with van der Waals surface area (Å²) in [5.41, 5.74) is 3.32. The molecule has 0 saturated heterocycles. The lowest BCUT2D eigenvalue weighted by molar-refractivity contribution is 0.0601. The van der Waals surface area contributed by atoms with E-state index in [-0.39, 0.29) is 23.7 Å². The Morgan fingerprint density at radius 1 is 1.25 bits per heavy atom. The number of ether oxygens (including phenoxy) is 1. The van der Waals surface area contributed by atoms with Gasteiger partial charge in [-0.05, 0) is 41.7 Å². The van der Waals surface area contributed by atoms with Crippen LogP contribution < -0.4 is 5.32 Å². The molecule has 1 aliphatic heterocycles. The van der Waals surface area contributed by atoms with Crippen molar-refractivity contribution < 1.29 is 13.9 Å². The second-order valence-electron chi connectivity index (χ2n) is 6.29. The van der Waals surface area contributed by atoms with Crippen LogP contribution in [0.5, 0.6) is 0 Å². The topological polar surface area (TPSA) is 38.3 Å². The molecule has 3 nitrogen and oxygen atoms in total. The fraction of sp³-hybridized carbons (Fsp3) is 0.250. The third-order valence-corrected chi connectivity index (χ3v) is 5.01. The Morgan fingerprint density at radius 2 is 2.08 bits per heavy atom. The van der Waals surface area contributed by atoms with Gasteiger partial charge in [0, 0.05) is 5.92 Å². The number of methoxy groups -OCH3 is 1. The van der Waals surface area contributed by atoms with Crippen molar-refractivity contribution in [2.75, 3.05) is 12.4 Å². The van der Waals surface area contributed by atoms with Gasteiger partial charge in [0.2, 0.25) is 0 Å². The van der Waals surface area contributed by atoms with Crippen molar-refractivity contribution in [3.8, 4) is 0 Å². The molecule has 3 atom stereocenters. The van der Waals surface area contributed by atoms with Crippen LogP contribution >= 0.6 is 0 Å². The van der Waals surface area contributed by atoms with Gasteiger partial charge >= 0.3 is 5.97 Å². The molecule has 24 heavy (non-hydrogen) atoms. The first-order valence-electron chi connectivity index (χ1n) is 8.09. The lowest BCUT2D eigenvalue weighted by atomic mass is 9.76. The van der Waals surface area contributed by atoms with E-state index < -0.39 is 0 Å². The number of anilines is 1. The van der Waals surface area contributed by atoms with E-state index in [4.69, 9.17) is 4.74 Å². The van der Waals surface area contributed by atoms with Crippen molar-refractivity contribution >= 4 is 11.7 Å². The Bertz CT molecular complexity index is 830. The van der Waals surface area contributed by atoms with E-state index in [2.05, 4.69) is 17.5 Å². The van der Waals surface area contributed by atoms with E-state index >= 15 is 0 Å². The lowest BCUT2D eigenvalue weighted by Gasteiger charge is -2.38. The molecule has 0 spiro atoms. The van der Waals surface area contributed by atoms with Crippen molar-refractivity contribution in [2.24, 2.45) is 5.92 Å². The molecule has 2 aliphatic rings. The van der Waals surface area contributed by atoms with Crippen LogP contribution in [0.15, 0.2) is 54.6 Å². The largest absolute Gasteiger partial charge is 0.465 e. The maximum Gasteiger partial charge on any atom is 0.339 e. The highest BCUT2D eigenvalue weighted by atomic mass is 19.1.